The number of fused-ring (bicyclic) bond motifs is 1. The van der Waals surface area contributed by atoms with Crippen LogP contribution in [0.3, 0.4) is 0 Å². The predicted octanol–water partition coefficient (Wildman–Crippen LogP) is 3.61. The fourth-order valence-corrected chi connectivity index (χ4v) is 2.20. The summed E-state index contributed by atoms with van der Waals surface area (Å²) in [7, 11) is 1.59. The summed E-state index contributed by atoms with van der Waals surface area (Å²) in [6, 6.07) is 9.33. The first-order valence-corrected chi connectivity index (χ1v) is 6.72. The maximum Gasteiger partial charge on any atom is 0.330 e. The number of carbonyl (C=O) groups excluding carboxylic acids is 1. The Balaban J connectivity index is 2.21. The fourth-order valence-electron chi connectivity index (χ4n) is 1.94. The molecule has 2 aromatic rings. The summed E-state index contributed by atoms with van der Waals surface area (Å²) < 4.78 is 15.8. The van der Waals surface area contributed by atoms with Crippen LogP contribution in [-0.4, -0.2) is 26.3 Å². The van der Waals surface area contributed by atoms with Crippen LogP contribution in [0.2, 0.25) is 5.02 Å². The molecule has 0 aliphatic heterocycles. The van der Waals surface area contributed by atoms with Gasteiger partial charge in [-0.15, -0.1) is 0 Å². The number of rotatable bonds is 6. The average Bonchev–Trinajstić information content (AvgIpc) is 2.52. The number of carbonyl (C=O) groups is 1. The van der Waals surface area contributed by atoms with Gasteiger partial charge in [-0.2, -0.15) is 0 Å². The summed E-state index contributed by atoms with van der Waals surface area (Å²) in [5.74, 6) is 0.744. The first-order chi connectivity index (χ1) is 10.2. The van der Waals surface area contributed by atoms with Crippen molar-refractivity contribution in [1.29, 1.82) is 0 Å². The zero-order chi connectivity index (χ0) is 15.2. The van der Waals surface area contributed by atoms with Crippen molar-refractivity contribution in [3.05, 3.63) is 48.0 Å². The molecule has 0 atom stereocenters. The Morgan fingerprint density at radius 2 is 2.00 bits per heavy atom. The number of methoxy groups -OCH3 is 1. The smallest absolute Gasteiger partial charge is 0.330 e. The average molecular weight is 307 g/mol. The van der Waals surface area contributed by atoms with Gasteiger partial charge in [0.25, 0.3) is 0 Å². The minimum Gasteiger partial charge on any atom is -0.496 e. The van der Waals surface area contributed by atoms with Crippen LogP contribution in [0.5, 0.6) is 11.5 Å². The van der Waals surface area contributed by atoms with Gasteiger partial charge in [-0.25, -0.2) is 4.79 Å². The topological polar surface area (TPSA) is 44.8 Å². The van der Waals surface area contributed by atoms with Crippen LogP contribution in [0.15, 0.2) is 43.0 Å². The largest absolute Gasteiger partial charge is 0.496 e. The summed E-state index contributed by atoms with van der Waals surface area (Å²) >= 11 is 6.23. The minimum atomic E-state index is -0.482. The normalized spacial score (nSPS) is 10.2. The third-order valence-corrected chi connectivity index (χ3v) is 3.15. The van der Waals surface area contributed by atoms with Crippen molar-refractivity contribution in [2.45, 2.75) is 0 Å². The van der Waals surface area contributed by atoms with Crippen LogP contribution in [0, 0.1) is 0 Å². The Morgan fingerprint density at radius 3 is 2.67 bits per heavy atom. The number of ether oxygens (including phenoxy) is 3. The Labute approximate surface area is 127 Å². The van der Waals surface area contributed by atoms with Crippen LogP contribution in [0.1, 0.15) is 0 Å². The first kappa shape index (κ1) is 15.2. The highest BCUT2D eigenvalue weighted by molar-refractivity contribution is 6.33. The zero-order valence-electron chi connectivity index (χ0n) is 11.6. The third kappa shape index (κ3) is 3.47. The number of hydrogen-bond acceptors (Lipinski definition) is 4. The van der Waals surface area contributed by atoms with Crippen molar-refractivity contribution in [2.75, 3.05) is 20.3 Å². The quantitative estimate of drug-likeness (QED) is 0.464. The van der Waals surface area contributed by atoms with Crippen LogP contribution >= 0.6 is 11.6 Å². The van der Waals surface area contributed by atoms with Gasteiger partial charge in [0.1, 0.15) is 24.7 Å². The molecule has 110 valence electrons. The van der Waals surface area contributed by atoms with Crippen LogP contribution in [0.4, 0.5) is 0 Å². The molecular formula is C16H15ClO4. The second-order valence-electron chi connectivity index (χ2n) is 4.16. The Kier molecular flexibility index (Phi) is 5.06. The SMILES string of the molecule is C=CC(=O)OCCOc1c(Cl)cc(OC)c2ccccc12. The molecule has 0 aliphatic rings. The molecule has 0 saturated carbocycles. The molecule has 0 fully saturated rings. The van der Waals surface area contributed by atoms with E-state index in [1.165, 1.54) is 0 Å². The van der Waals surface area contributed by atoms with E-state index in [9.17, 15) is 4.79 Å². The van der Waals surface area contributed by atoms with Crippen molar-refractivity contribution in [3.63, 3.8) is 0 Å². The fraction of sp³-hybridized carbons (Fsp3) is 0.188. The van der Waals surface area contributed by atoms with Crippen LogP contribution in [-0.2, 0) is 9.53 Å². The highest BCUT2D eigenvalue weighted by Gasteiger charge is 2.12. The molecule has 0 aromatic heterocycles. The molecule has 0 saturated heterocycles. The summed E-state index contributed by atoms with van der Waals surface area (Å²) in [4.78, 5) is 10.9. The number of hydrogen-bond donors (Lipinski definition) is 0. The van der Waals surface area contributed by atoms with Crippen molar-refractivity contribution in [2.24, 2.45) is 0 Å². The standard InChI is InChI=1S/C16H15ClO4/c1-3-15(18)20-8-9-21-16-12-7-5-4-6-11(12)14(19-2)10-13(16)17/h3-7,10H,1,8-9H2,2H3. The van der Waals surface area contributed by atoms with Gasteiger partial charge in [0, 0.05) is 22.9 Å². The van der Waals surface area contributed by atoms with Crippen molar-refractivity contribution >= 4 is 28.3 Å². The molecule has 0 unspecified atom stereocenters. The van der Waals surface area contributed by atoms with E-state index in [4.69, 9.17) is 25.8 Å². The highest BCUT2D eigenvalue weighted by atomic mass is 35.5. The molecule has 0 heterocycles. The number of esters is 1. The molecule has 0 spiro atoms. The summed E-state index contributed by atoms with van der Waals surface area (Å²) in [6.07, 6.45) is 1.11. The van der Waals surface area contributed by atoms with E-state index in [1.54, 1.807) is 13.2 Å². The van der Waals surface area contributed by atoms with Gasteiger partial charge < -0.3 is 14.2 Å². The van der Waals surface area contributed by atoms with Gasteiger partial charge in [0.05, 0.1) is 12.1 Å². The lowest BCUT2D eigenvalue weighted by Gasteiger charge is -2.13. The molecule has 0 N–H and O–H groups in total. The molecule has 2 aromatic carbocycles. The van der Waals surface area contributed by atoms with E-state index in [2.05, 4.69) is 6.58 Å². The predicted molar refractivity (Wildman–Crippen MR) is 82.2 cm³/mol. The van der Waals surface area contributed by atoms with E-state index in [1.807, 2.05) is 24.3 Å². The van der Waals surface area contributed by atoms with E-state index < -0.39 is 5.97 Å². The maximum absolute atomic E-state index is 10.9. The molecule has 21 heavy (non-hydrogen) atoms. The Bertz CT molecular complexity index is 667. The maximum atomic E-state index is 10.9. The van der Waals surface area contributed by atoms with Gasteiger partial charge in [-0.3, -0.25) is 0 Å². The van der Waals surface area contributed by atoms with Crippen molar-refractivity contribution in [1.82, 2.24) is 0 Å². The lowest BCUT2D eigenvalue weighted by molar-refractivity contribution is -0.138. The zero-order valence-corrected chi connectivity index (χ0v) is 12.4. The molecule has 5 heteroatoms. The summed E-state index contributed by atoms with van der Waals surface area (Å²) in [6.45, 7) is 3.65. The number of halogens is 1. The van der Waals surface area contributed by atoms with Crippen molar-refractivity contribution < 1.29 is 19.0 Å². The monoisotopic (exact) mass is 306 g/mol. The Morgan fingerprint density at radius 1 is 1.29 bits per heavy atom. The van der Waals surface area contributed by atoms with Crippen LogP contribution < -0.4 is 9.47 Å². The minimum absolute atomic E-state index is 0.127. The lowest BCUT2D eigenvalue weighted by Crippen LogP contribution is -2.10. The van der Waals surface area contributed by atoms with E-state index >= 15 is 0 Å². The molecular weight excluding hydrogens is 292 g/mol. The summed E-state index contributed by atoms with van der Waals surface area (Å²) in [5, 5.41) is 2.19. The summed E-state index contributed by atoms with van der Waals surface area (Å²) in [5.41, 5.74) is 0. The second kappa shape index (κ2) is 6.99. The van der Waals surface area contributed by atoms with E-state index in [0.717, 1.165) is 16.8 Å². The lowest BCUT2D eigenvalue weighted by atomic mass is 10.1. The molecule has 0 amide bonds. The molecule has 0 bridgehead atoms. The van der Waals surface area contributed by atoms with Crippen LogP contribution in [0.25, 0.3) is 10.8 Å². The molecule has 2 rings (SSSR count). The Hall–Kier alpha value is -2.20. The van der Waals surface area contributed by atoms with Gasteiger partial charge in [-0.05, 0) is 0 Å². The van der Waals surface area contributed by atoms with Gasteiger partial charge >= 0.3 is 5.97 Å². The van der Waals surface area contributed by atoms with Gasteiger partial charge in [-0.1, -0.05) is 42.4 Å². The molecule has 0 radical (unpaired) electrons. The molecule has 0 aliphatic carbocycles. The first-order valence-electron chi connectivity index (χ1n) is 6.34. The third-order valence-electron chi connectivity index (χ3n) is 2.87. The van der Waals surface area contributed by atoms with Gasteiger partial charge in [0.2, 0.25) is 0 Å². The van der Waals surface area contributed by atoms with E-state index in [0.29, 0.717) is 16.5 Å². The van der Waals surface area contributed by atoms with Crippen molar-refractivity contribution in [3.8, 4) is 11.5 Å². The number of benzene rings is 2. The second-order valence-corrected chi connectivity index (χ2v) is 4.56. The van der Waals surface area contributed by atoms with E-state index in [-0.39, 0.29) is 13.2 Å². The highest BCUT2D eigenvalue weighted by Crippen LogP contribution is 2.39. The molecule has 4 nitrogen and oxygen atoms in total. The van der Waals surface area contributed by atoms with Gasteiger partial charge in [0.15, 0.2) is 0 Å².